The summed E-state index contributed by atoms with van der Waals surface area (Å²) in [5.41, 5.74) is 3.16. The molecule has 30 heavy (non-hydrogen) atoms. The van der Waals surface area contributed by atoms with Gasteiger partial charge < -0.3 is 4.57 Å². The van der Waals surface area contributed by atoms with E-state index in [1.54, 1.807) is 0 Å². The zero-order valence-corrected chi connectivity index (χ0v) is 17.2. The van der Waals surface area contributed by atoms with E-state index in [9.17, 15) is 0 Å². The fraction of sp³-hybridized carbons (Fsp3) is 0.259. The number of aromatic nitrogens is 3. The molecule has 3 nitrogen and oxygen atoms in total. The second-order valence-corrected chi connectivity index (χ2v) is 8.10. The Labute approximate surface area is 178 Å². The molecule has 5 rings (SSSR count). The molecule has 0 amide bonds. The smallest absolute Gasteiger partial charge is 0.152 e. The Kier molecular flexibility index (Phi) is 5.18. The van der Waals surface area contributed by atoms with E-state index in [0.717, 1.165) is 24.6 Å². The van der Waals surface area contributed by atoms with Crippen LogP contribution in [-0.2, 0) is 18.4 Å². The monoisotopic (exact) mass is 393 g/mol. The second-order valence-electron chi connectivity index (χ2n) is 8.10. The topological polar surface area (TPSA) is 30.7 Å². The van der Waals surface area contributed by atoms with Crippen molar-refractivity contribution in [3.05, 3.63) is 119 Å². The summed E-state index contributed by atoms with van der Waals surface area (Å²) in [6, 6.07) is 32.4. The lowest BCUT2D eigenvalue weighted by Gasteiger charge is -2.35. The van der Waals surface area contributed by atoms with Gasteiger partial charge in [-0.15, -0.1) is 10.2 Å². The predicted molar refractivity (Wildman–Crippen MR) is 121 cm³/mol. The summed E-state index contributed by atoms with van der Waals surface area (Å²) in [7, 11) is 0. The molecule has 0 radical (unpaired) electrons. The summed E-state index contributed by atoms with van der Waals surface area (Å²) in [6.07, 6.45) is 5.91. The quantitative estimate of drug-likeness (QED) is 0.412. The van der Waals surface area contributed by atoms with E-state index >= 15 is 0 Å². The van der Waals surface area contributed by atoms with Crippen molar-refractivity contribution in [2.24, 2.45) is 0 Å². The Bertz CT molecular complexity index is 988. The number of benzene rings is 3. The van der Waals surface area contributed by atoms with Gasteiger partial charge in [0.2, 0.25) is 0 Å². The van der Waals surface area contributed by atoms with E-state index in [4.69, 9.17) is 10.2 Å². The minimum absolute atomic E-state index is 0.506. The standard InChI is InChI=1S/C27H27N3/c1-2-13-21-30-25(20-12-1)28-29-26(30)27(22-14-6-3-7-15-22,23-16-8-4-9-17-23)24-18-10-5-11-19-24/h3-11,14-19H,1-2,12-13,20-21H2. The van der Waals surface area contributed by atoms with Crippen LogP contribution >= 0.6 is 0 Å². The molecular formula is C27H27N3. The third-order valence-corrected chi connectivity index (χ3v) is 6.32. The zero-order chi connectivity index (χ0) is 20.2. The van der Waals surface area contributed by atoms with Gasteiger partial charge in [0.15, 0.2) is 5.82 Å². The van der Waals surface area contributed by atoms with Crippen molar-refractivity contribution in [3.8, 4) is 0 Å². The van der Waals surface area contributed by atoms with E-state index in [1.807, 2.05) is 0 Å². The number of hydrogen-bond acceptors (Lipinski definition) is 2. The first kappa shape index (κ1) is 18.8. The van der Waals surface area contributed by atoms with Crippen LogP contribution in [0.3, 0.4) is 0 Å². The molecule has 2 heterocycles. The van der Waals surface area contributed by atoms with Crippen LogP contribution in [0, 0.1) is 0 Å². The molecule has 1 aromatic heterocycles. The van der Waals surface area contributed by atoms with Crippen LogP contribution in [0.15, 0.2) is 91.0 Å². The summed E-state index contributed by atoms with van der Waals surface area (Å²) in [4.78, 5) is 0. The van der Waals surface area contributed by atoms with Crippen molar-refractivity contribution < 1.29 is 0 Å². The molecule has 3 aromatic carbocycles. The average molecular weight is 394 g/mol. The van der Waals surface area contributed by atoms with Gasteiger partial charge >= 0.3 is 0 Å². The molecule has 0 saturated carbocycles. The number of rotatable bonds is 4. The van der Waals surface area contributed by atoms with Crippen LogP contribution in [0.25, 0.3) is 0 Å². The number of nitrogens with zero attached hydrogens (tertiary/aromatic N) is 3. The van der Waals surface area contributed by atoms with Crippen molar-refractivity contribution in [2.45, 2.75) is 44.1 Å². The van der Waals surface area contributed by atoms with Gasteiger partial charge in [-0.05, 0) is 29.5 Å². The molecule has 1 aliphatic heterocycles. The highest BCUT2D eigenvalue weighted by Crippen LogP contribution is 2.44. The molecule has 0 unspecified atom stereocenters. The largest absolute Gasteiger partial charge is 0.314 e. The summed E-state index contributed by atoms with van der Waals surface area (Å²) in [5, 5.41) is 9.61. The lowest BCUT2D eigenvalue weighted by Crippen LogP contribution is -2.35. The van der Waals surface area contributed by atoms with Gasteiger partial charge in [0, 0.05) is 13.0 Å². The van der Waals surface area contributed by atoms with Crippen molar-refractivity contribution in [2.75, 3.05) is 0 Å². The predicted octanol–water partition coefficient (Wildman–Crippen LogP) is 5.78. The minimum Gasteiger partial charge on any atom is -0.314 e. The van der Waals surface area contributed by atoms with E-state index in [1.165, 1.54) is 42.4 Å². The van der Waals surface area contributed by atoms with Gasteiger partial charge in [-0.25, -0.2) is 0 Å². The Morgan fingerprint density at radius 2 is 1.07 bits per heavy atom. The highest BCUT2D eigenvalue weighted by molar-refractivity contribution is 5.56. The molecule has 0 atom stereocenters. The molecule has 0 N–H and O–H groups in total. The summed E-state index contributed by atoms with van der Waals surface area (Å²) < 4.78 is 2.41. The molecule has 4 aromatic rings. The summed E-state index contributed by atoms with van der Waals surface area (Å²) in [6.45, 7) is 0.978. The maximum atomic E-state index is 4.90. The molecule has 1 aliphatic rings. The Morgan fingerprint density at radius 3 is 1.60 bits per heavy atom. The van der Waals surface area contributed by atoms with Gasteiger partial charge in [0.05, 0.1) is 0 Å². The fourth-order valence-corrected chi connectivity index (χ4v) is 4.89. The number of hydrogen-bond donors (Lipinski definition) is 0. The second kappa shape index (κ2) is 8.27. The Balaban J connectivity index is 1.86. The number of fused-ring (bicyclic) bond motifs is 1. The Morgan fingerprint density at radius 1 is 0.567 bits per heavy atom. The summed E-state index contributed by atoms with van der Waals surface area (Å²) in [5.74, 6) is 2.15. The highest BCUT2D eigenvalue weighted by Gasteiger charge is 2.43. The van der Waals surface area contributed by atoms with Crippen LogP contribution in [0.5, 0.6) is 0 Å². The fourth-order valence-electron chi connectivity index (χ4n) is 4.89. The highest BCUT2D eigenvalue weighted by atomic mass is 15.3. The SMILES string of the molecule is c1ccc(C(c2ccccc2)(c2ccccc2)c2nnc3n2CCCCCC3)cc1. The molecule has 0 bridgehead atoms. The number of aryl methyl sites for hydroxylation is 1. The molecule has 3 heteroatoms. The van der Waals surface area contributed by atoms with E-state index in [-0.39, 0.29) is 0 Å². The zero-order valence-electron chi connectivity index (χ0n) is 17.2. The van der Waals surface area contributed by atoms with Crippen molar-refractivity contribution in [1.29, 1.82) is 0 Å². The normalized spacial score (nSPS) is 14.5. The van der Waals surface area contributed by atoms with Crippen LogP contribution in [0.4, 0.5) is 0 Å². The van der Waals surface area contributed by atoms with Gasteiger partial charge in [-0.2, -0.15) is 0 Å². The van der Waals surface area contributed by atoms with Crippen molar-refractivity contribution in [1.82, 2.24) is 14.8 Å². The van der Waals surface area contributed by atoms with Crippen LogP contribution in [-0.4, -0.2) is 14.8 Å². The third kappa shape index (κ3) is 3.15. The lowest BCUT2D eigenvalue weighted by molar-refractivity contribution is 0.489. The van der Waals surface area contributed by atoms with Crippen molar-refractivity contribution >= 4 is 0 Å². The maximum absolute atomic E-state index is 4.90. The van der Waals surface area contributed by atoms with Gasteiger partial charge in [0.1, 0.15) is 11.2 Å². The molecule has 0 saturated heterocycles. The first-order chi connectivity index (χ1) is 14.9. The van der Waals surface area contributed by atoms with E-state index < -0.39 is 5.41 Å². The summed E-state index contributed by atoms with van der Waals surface area (Å²) >= 11 is 0. The van der Waals surface area contributed by atoms with Gasteiger partial charge in [0.25, 0.3) is 0 Å². The first-order valence-corrected chi connectivity index (χ1v) is 11.0. The minimum atomic E-state index is -0.506. The first-order valence-electron chi connectivity index (χ1n) is 11.0. The molecule has 150 valence electrons. The van der Waals surface area contributed by atoms with E-state index in [0.29, 0.717) is 0 Å². The molecule has 0 aliphatic carbocycles. The van der Waals surface area contributed by atoms with Gasteiger partial charge in [-0.3, -0.25) is 0 Å². The van der Waals surface area contributed by atoms with Gasteiger partial charge in [-0.1, -0.05) is 104 Å². The third-order valence-electron chi connectivity index (χ3n) is 6.32. The van der Waals surface area contributed by atoms with Crippen LogP contribution in [0.2, 0.25) is 0 Å². The molecule has 0 fully saturated rings. The average Bonchev–Trinajstić information content (AvgIpc) is 3.18. The van der Waals surface area contributed by atoms with Crippen LogP contribution < -0.4 is 0 Å². The van der Waals surface area contributed by atoms with Crippen molar-refractivity contribution in [3.63, 3.8) is 0 Å². The molecular weight excluding hydrogens is 366 g/mol. The van der Waals surface area contributed by atoms with E-state index in [2.05, 4.69) is 95.6 Å². The van der Waals surface area contributed by atoms with Crippen LogP contribution in [0.1, 0.15) is 54.0 Å². The molecule has 0 spiro atoms. The lowest BCUT2D eigenvalue weighted by atomic mass is 9.68. The Hall–Kier alpha value is -3.20. The maximum Gasteiger partial charge on any atom is 0.152 e.